The summed E-state index contributed by atoms with van der Waals surface area (Å²) in [5, 5.41) is 8.19. The molecule has 0 unspecified atom stereocenters. The summed E-state index contributed by atoms with van der Waals surface area (Å²) >= 11 is 0. The SMILES string of the molecule is Cn1cnc2c(NCCc3ccccn3)nc3cc(-c4ccccc4)nn3c21. The van der Waals surface area contributed by atoms with E-state index in [1.54, 1.807) is 6.33 Å². The highest BCUT2D eigenvalue weighted by atomic mass is 15.3. The van der Waals surface area contributed by atoms with Crippen LogP contribution in [0.2, 0.25) is 0 Å². The minimum Gasteiger partial charge on any atom is -0.368 e. The van der Waals surface area contributed by atoms with Crippen molar-refractivity contribution in [2.45, 2.75) is 6.42 Å². The zero-order chi connectivity index (χ0) is 18.9. The highest BCUT2D eigenvalue weighted by molar-refractivity contribution is 5.86. The maximum atomic E-state index is 4.79. The van der Waals surface area contributed by atoms with E-state index in [9.17, 15) is 0 Å². The molecule has 0 radical (unpaired) electrons. The smallest absolute Gasteiger partial charge is 0.167 e. The van der Waals surface area contributed by atoms with E-state index < -0.39 is 0 Å². The van der Waals surface area contributed by atoms with Gasteiger partial charge >= 0.3 is 0 Å². The Morgan fingerprint density at radius 1 is 1.00 bits per heavy atom. The molecule has 7 heteroatoms. The van der Waals surface area contributed by atoms with Crippen molar-refractivity contribution in [1.29, 1.82) is 0 Å². The van der Waals surface area contributed by atoms with Gasteiger partial charge in [0.2, 0.25) is 0 Å². The van der Waals surface area contributed by atoms with E-state index in [0.29, 0.717) is 0 Å². The molecular formula is C21H19N7. The van der Waals surface area contributed by atoms with Crippen LogP contribution in [0.15, 0.2) is 67.1 Å². The second-order valence-electron chi connectivity index (χ2n) is 6.65. The lowest BCUT2D eigenvalue weighted by molar-refractivity contribution is 0.875. The third-order valence-electron chi connectivity index (χ3n) is 4.72. The van der Waals surface area contributed by atoms with Gasteiger partial charge in [0.25, 0.3) is 0 Å². The molecule has 0 aliphatic heterocycles. The number of imidazole rings is 1. The van der Waals surface area contributed by atoms with E-state index in [2.05, 4.69) is 15.3 Å². The standard InChI is InChI=1S/C21H19N7/c1-27-14-24-19-20(23-12-10-16-9-5-6-11-22-16)25-18-13-17(26-28(18)21(19)27)15-7-3-2-4-8-15/h2-9,11,13-14H,10,12H2,1H3,(H,23,25). The molecule has 0 fully saturated rings. The summed E-state index contributed by atoms with van der Waals surface area (Å²) in [4.78, 5) is 13.7. The van der Waals surface area contributed by atoms with Gasteiger partial charge in [-0.3, -0.25) is 4.98 Å². The Morgan fingerprint density at radius 2 is 1.86 bits per heavy atom. The molecule has 0 spiro atoms. The van der Waals surface area contributed by atoms with Crippen LogP contribution in [0.4, 0.5) is 5.82 Å². The van der Waals surface area contributed by atoms with Crippen molar-refractivity contribution in [2.24, 2.45) is 7.05 Å². The van der Waals surface area contributed by atoms with Crippen LogP contribution in [0.1, 0.15) is 5.69 Å². The summed E-state index contributed by atoms with van der Waals surface area (Å²) in [5.41, 5.74) is 5.50. The van der Waals surface area contributed by atoms with Gasteiger partial charge < -0.3 is 9.88 Å². The molecule has 5 rings (SSSR count). The Morgan fingerprint density at radius 3 is 2.68 bits per heavy atom. The Bertz CT molecular complexity index is 1240. The number of aryl methyl sites for hydroxylation is 1. The third-order valence-corrected chi connectivity index (χ3v) is 4.72. The van der Waals surface area contributed by atoms with Crippen LogP contribution in [0, 0.1) is 0 Å². The van der Waals surface area contributed by atoms with E-state index in [-0.39, 0.29) is 0 Å². The van der Waals surface area contributed by atoms with Crippen LogP contribution in [-0.2, 0) is 13.5 Å². The summed E-state index contributed by atoms with van der Waals surface area (Å²) < 4.78 is 3.82. The number of nitrogens with zero attached hydrogens (tertiary/aromatic N) is 6. The topological polar surface area (TPSA) is 72.9 Å². The monoisotopic (exact) mass is 369 g/mol. The third kappa shape index (κ3) is 2.87. The summed E-state index contributed by atoms with van der Waals surface area (Å²) in [6.07, 6.45) is 4.42. The normalized spacial score (nSPS) is 11.3. The fourth-order valence-electron chi connectivity index (χ4n) is 3.34. The average Bonchev–Trinajstić information content (AvgIpc) is 3.33. The molecule has 7 nitrogen and oxygen atoms in total. The van der Waals surface area contributed by atoms with Gasteiger partial charge in [-0.2, -0.15) is 9.61 Å². The van der Waals surface area contributed by atoms with Gasteiger partial charge in [-0.05, 0) is 12.1 Å². The number of nitrogens with one attached hydrogen (secondary N) is 1. The molecule has 1 N–H and O–H groups in total. The molecule has 0 amide bonds. The predicted octanol–water partition coefficient (Wildman–Crippen LogP) is 3.33. The first-order valence-corrected chi connectivity index (χ1v) is 9.19. The van der Waals surface area contributed by atoms with Crippen LogP contribution in [0.3, 0.4) is 0 Å². The predicted molar refractivity (Wildman–Crippen MR) is 109 cm³/mol. The van der Waals surface area contributed by atoms with E-state index in [0.717, 1.165) is 52.5 Å². The molecular weight excluding hydrogens is 350 g/mol. The molecule has 28 heavy (non-hydrogen) atoms. The van der Waals surface area contributed by atoms with Crippen molar-refractivity contribution < 1.29 is 0 Å². The lowest BCUT2D eigenvalue weighted by atomic mass is 10.2. The van der Waals surface area contributed by atoms with Gasteiger partial charge in [-0.1, -0.05) is 36.4 Å². The largest absolute Gasteiger partial charge is 0.368 e. The lowest BCUT2D eigenvalue weighted by Gasteiger charge is -2.07. The quantitative estimate of drug-likeness (QED) is 0.514. The van der Waals surface area contributed by atoms with Crippen LogP contribution in [-0.4, -0.2) is 35.7 Å². The minimum atomic E-state index is 0.728. The van der Waals surface area contributed by atoms with Gasteiger partial charge in [0, 0.05) is 43.5 Å². The van der Waals surface area contributed by atoms with Crippen molar-refractivity contribution in [1.82, 2.24) is 29.1 Å². The number of aromatic nitrogens is 6. The minimum absolute atomic E-state index is 0.728. The molecule has 0 aliphatic rings. The second-order valence-corrected chi connectivity index (χ2v) is 6.65. The van der Waals surface area contributed by atoms with Gasteiger partial charge in [0.15, 0.2) is 22.6 Å². The van der Waals surface area contributed by atoms with Gasteiger partial charge in [0.1, 0.15) is 0 Å². The summed E-state index contributed by atoms with van der Waals surface area (Å²) in [6.45, 7) is 0.728. The Hall–Kier alpha value is -3.74. The highest BCUT2D eigenvalue weighted by Crippen LogP contribution is 2.25. The van der Waals surface area contributed by atoms with Crippen molar-refractivity contribution in [2.75, 3.05) is 11.9 Å². The zero-order valence-corrected chi connectivity index (χ0v) is 15.4. The Balaban J connectivity index is 1.53. The molecule has 5 aromatic rings. The molecule has 0 bridgehead atoms. The van der Waals surface area contributed by atoms with E-state index in [1.807, 2.05) is 76.9 Å². The lowest BCUT2D eigenvalue weighted by Crippen LogP contribution is -2.09. The van der Waals surface area contributed by atoms with Crippen LogP contribution in [0.25, 0.3) is 28.1 Å². The summed E-state index contributed by atoms with van der Waals surface area (Å²) in [5.74, 6) is 0.763. The van der Waals surface area contributed by atoms with Gasteiger partial charge in [-0.25, -0.2) is 9.97 Å². The molecule has 4 heterocycles. The number of hydrogen-bond acceptors (Lipinski definition) is 5. The number of fused-ring (bicyclic) bond motifs is 3. The van der Waals surface area contributed by atoms with E-state index in [1.165, 1.54) is 0 Å². The first-order chi connectivity index (χ1) is 13.8. The van der Waals surface area contributed by atoms with Gasteiger partial charge in [0.05, 0.1) is 12.0 Å². The Labute approximate surface area is 161 Å². The first kappa shape index (κ1) is 16.4. The highest BCUT2D eigenvalue weighted by Gasteiger charge is 2.15. The Kier molecular flexibility index (Phi) is 3.97. The fraction of sp³-hybridized carbons (Fsp3) is 0.143. The summed E-state index contributed by atoms with van der Waals surface area (Å²) in [6, 6.07) is 18.1. The first-order valence-electron chi connectivity index (χ1n) is 9.19. The van der Waals surface area contributed by atoms with E-state index >= 15 is 0 Å². The van der Waals surface area contributed by atoms with Crippen LogP contribution >= 0.6 is 0 Å². The van der Waals surface area contributed by atoms with Crippen LogP contribution < -0.4 is 5.32 Å². The average molecular weight is 369 g/mol. The molecule has 1 aromatic carbocycles. The number of rotatable bonds is 5. The van der Waals surface area contributed by atoms with Crippen molar-refractivity contribution in [3.63, 3.8) is 0 Å². The second kappa shape index (κ2) is 6.77. The van der Waals surface area contributed by atoms with E-state index in [4.69, 9.17) is 10.1 Å². The molecule has 0 saturated heterocycles. The molecule has 138 valence electrons. The molecule has 0 aliphatic carbocycles. The number of pyridine rings is 1. The number of hydrogen-bond donors (Lipinski definition) is 1. The van der Waals surface area contributed by atoms with Crippen molar-refractivity contribution in [3.8, 4) is 11.3 Å². The van der Waals surface area contributed by atoms with Crippen molar-refractivity contribution >= 4 is 22.6 Å². The zero-order valence-electron chi connectivity index (χ0n) is 15.4. The van der Waals surface area contributed by atoms with Gasteiger partial charge in [-0.15, -0.1) is 0 Å². The van der Waals surface area contributed by atoms with Crippen LogP contribution in [0.5, 0.6) is 0 Å². The summed E-state index contributed by atoms with van der Waals surface area (Å²) in [7, 11) is 1.97. The number of anilines is 1. The number of benzene rings is 1. The fourth-order valence-corrected chi connectivity index (χ4v) is 3.34. The maximum Gasteiger partial charge on any atom is 0.167 e. The molecule has 4 aromatic heterocycles. The molecule has 0 saturated carbocycles. The maximum absolute atomic E-state index is 4.79. The molecule has 0 atom stereocenters. The van der Waals surface area contributed by atoms with Crippen molar-refractivity contribution in [3.05, 3.63) is 72.8 Å².